The molecule has 1 saturated heterocycles. The second kappa shape index (κ2) is 2.80. The smallest absolute Gasteiger partial charge is 0.414 e. The Kier molecular flexibility index (Phi) is 1.99. The lowest BCUT2D eigenvalue weighted by molar-refractivity contribution is -0.146. The molecule has 1 rings (SSSR count). The van der Waals surface area contributed by atoms with Crippen molar-refractivity contribution in [3.8, 4) is 0 Å². The van der Waals surface area contributed by atoms with Crippen LogP contribution in [0.15, 0.2) is 0 Å². The quantitative estimate of drug-likeness (QED) is 0.526. The van der Waals surface area contributed by atoms with Crippen molar-refractivity contribution >= 4 is 18.0 Å². The summed E-state index contributed by atoms with van der Waals surface area (Å²) in [5, 5.41) is 16.8. The molecule has 1 unspecified atom stereocenters. The lowest BCUT2D eigenvalue weighted by atomic mass is 10.1. The molecule has 12 heavy (non-hydrogen) atoms. The van der Waals surface area contributed by atoms with Gasteiger partial charge in [-0.1, -0.05) is 0 Å². The molecule has 0 aromatic carbocycles. The molecule has 0 aromatic heterocycles. The van der Waals surface area contributed by atoms with Crippen LogP contribution in [0, 0.1) is 5.92 Å². The lowest BCUT2D eigenvalue weighted by Gasteiger charge is -2.07. The molecule has 2 N–H and O–H groups in total. The summed E-state index contributed by atoms with van der Waals surface area (Å²) in [5.41, 5.74) is 0. The third kappa shape index (κ3) is 1.23. The molecular formula is C6H7NO5. The molecule has 0 radical (unpaired) electrons. The van der Waals surface area contributed by atoms with E-state index in [1.165, 1.54) is 0 Å². The first kappa shape index (κ1) is 8.51. The molecule has 1 aliphatic heterocycles. The summed E-state index contributed by atoms with van der Waals surface area (Å²) >= 11 is 0. The minimum Gasteiger partial charge on any atom is -0.481 e. The Hall–Kier alpha value is -1.59. The Bertz CT molecular complexity index is 224. The maximum Gasteiger partial charge on any atom is 0.414 e. The van der Waals surface area contributed by atoms with Crippen LogP contribution >= 0.6 is 0 Å². The second-order valence-corrected chi connectivity index (χ2v) is 2.45. The molecule has 0 aliphatic carbocycles. The lowest BCUT2D eigenvalue weighted by Crippen LogP contribution is -2.34. The van der Waals surface area contributed by atoms with Crippen molar-refractivity contribution in [3.63, 3.8) is 0 Å². The zero-order valence-corrected chi connectivity index (χ0v) is 6.06. The molecule has 0 bridgehead atoms. The number of carbonyl (C=O) groups is 3. The number of nitrogens with zero attached hydrogens (tertiary/aromatic N) is 1. The highest BCUT2D eigenvalue weighted by Gasteiger charge is 2.39. The number of aliphatic carboxylic acids is 1. The average Bonchev–Trinajstić information content (AvgIpc) is 2.30. The van der Waals surface area contributed by atoms with E-state index >= 15 is 0 Å². The van der Waals surface area contributed by atoms with Crippen molar-refractivity contribution in [2.75, 3.05) is 6.54 Å². The van der Waals surface area contributed by atoms with Gasteiger partial charge in [0, 0.05) is 6.54 Å². The fourth-order valence-electron chi connectivity index (χ4n) is 1.10. The van der Waals surface area contributed by atoms with Crippen molar-refractivity contribution < 1.29 is 24.6 Å². The maximum absolute atomic E-state index is 11.0. The van der Waals surface area contributed by atoms with Gasteiger partial charge in [0.15, 0.2) is 0 Å². The fourth-order valence-corrected chi connectivity index (χ4v) is 1.10. The normalized spacial score (nSPS) is 22.8. The number of carbonyl (C=O) groups excluding carboxylic acids is 1. The van der Waals surface area contributed by atoms with E-state index in [1.54, 1.807) is 0 Å². The number of hydrogen-bond acceptors (Lipinski definition) is 3. The highest BCUT2D eigenvalue weighted by Crippen LogP contribution is 2.17. The highest BCUT2D eigenvalue weighted by atomic mass is 16.4. The van der Waals surface area contributed by atoms with Gasteiger partial charge in [-0.15, -0.1) is 0 Å². The maximum atomic E-state index is 11.0. The topological polar surface area (TPSA) is 94.9 Å². The van der Waals surface area contributed by atoms with Crippen LogP contribution in [-0.4, -0.2) is 39.6 Å². The van der Waals surface area contributed by atoms with E-state index in [9.17, 15) is 14.4 Å². The number of amides is 2. The first-order chi connectivity index (χ1) is 5.54. The Morgan fingerprint density at radius 1 is 1.42 bits per heavy atom. The van der Waals surface area contributed by atoms with Gasteiger partial charge in [0.2, 0.25) is 5.91 Å². The summed E-state index contributed by atoms with van der Waals surface area (Å²) in [6.45, 7) is -0.0227. The van der Waals surface area contributed by atoms with Crippen LogP contribution in [-0.2, 0) is 9.59 Å². The molecule has 66 valence electrons. The van der Waals surface area contributed by atoms with Gasteiger partial charge in [-0.3, -0.25) is 9.59 Å². The third-order valence-electron chi connectivity index (χ3n) is 1.73. The molecular weight excluding hydrogens is 166 g/mol. The van der Waals surface area contributed by atoms with Gasteiger partial charge in [-0.25, -0.2) is 9.69 Å². The summed E-state index contributed by atoms with van der Waals surface area (Å²) in [6, 6.07) is 0. The van der Waals surface area contributed by atoms with E-state index < -0.39 is 23.9 Å². The Labute approximate surface area is 67.4 Å². The van der Waals surface area contributed by atoms with Crippen LogP contribution in [0.2, 0.25) is 0 Å². The fraction of sp³-hybridized carbons (Fsp3) is 0.500. The van der Waals surface area contributed by atoms with E-state index in [4.69, 9.17) is 10.2 Å². The van der Waals surface area contributed by atoms with E-state index in [2.05, 4.69) is 0 Å². The Morgan fingerprint density at radius 3 is 2.25 bits per heavy atom. The van der Waals surface area contributed by atoms with Gasteiger partial charge >= 0.3 is 12.1 Å². The minimum atomic E-state index is -1.39. The van der Waals surface area contributed by atoms with Gasteiger partial charge in [0.1, 0.15) is 5.92 Å². The van der Waals surface area contributed by atoms with E-state index in [0.717, 1.165) is 0 Å². The second-order valence-electron chi connectivity index (χ2n) is 2.45. The molecule has 0 spiro atoms. The summed E-state index contributed by atoms with van der Waals surface area (Å²) < 4.78 is 0. The van der Waals surface area contributed by atoms with Crippen LogP contribution in [0.5, 0.6) is 0 Å². The third-order valence-corrected chi connectivity index (χ3v) is 1.73. The predicted molar refractivity (Wildman–Crippen MR) is 35.5 cm³/mol. The number of carboxylic acid groups (broad SMARTS) is 2. The van der Waals surface area contributed by atoms with Crippen molar-refractivity contribution in [3.05, 3.63) is 0 Å². The largest absolute Gasteiger partial charge is 0.481 e. The Balaban J connectivity index is 2.74. The number of rotatable bonds is 1. The summed E-state index contributed by atoms with van der Waals surface area (Å²) in [7, 11) is 0. The summed E-state index contributed by atoms with van der Waals surface area (Å²) in [5.74, 6) is -3.28. The molecule has 1 fully saturated rings. The molecule has 0 saturated carbocycles. The van der Waals surface area contributed by atoms with Crippen LogP contribution in [0.25, 0.3) is 0 Å². The van der Waals surface area contributed by atoms with Gasteiger partial charge in [0.05, 0.1) is 0 Å². The van der Waals surface area contributed by atoms with Crippen LogP contribution in [0.3, 0.4) is 0 Å². The molecule has 0 aromatic rings. The molecule has 6 heteroatoms. The average molecular weight is 173 g/mol. The minimum absolute atomic E-state index is 0.0227. The number of carboxylic acids is 1. The van der Waals surface area contributed by atoms with Crippen molar-refractivity contribution in [2.45, 2.75) is 6.42 Å². The van der Waals surface area contributed by atoms with Crippen LogP contribution < -0.4 is 0 Å². The predicted octanol–water partition coefficient (Wildman–Crippen LogP) is -0.402. The highest BCUT2D eigenvalue weighted by molar-refractivity contribution is 6.04. The van der Waals surface area contributed by atoms with Crippen molar-refractivity contribution in [1.29, 1.82) is 0 Å². The first-order valence-corrected chi connectivity index (χ1v) is 3.31. The molecule has 2 amide bonds. The molecule has 1 aliphatic rings. The first-order valence-electron chi connectivity index (χ1n) is 3.31. The number of imide groups is 1. The van der Waals surface area contributed by atoms with Crippen molar-refractivity contribution in [1.82, 2.24) is 4.90 Å². The van der Waals surface area contributed by atoms with Crippen LogP contribution in [0.4, 0.5) is 4.79 Å². The SMILES string of the molecule is O=C(O)C1CCN(C(=O)O)C1=O. The van der Waals surface area contributed by atoms with E-state index in [0.29, 0.717) is 4.90 Å². The number of hydrogen-bond donors (Lipinski definition) is 2. The summed E-state index contributed by atoms with van der Waals surface area (Å²) in [6.07, 6.45) is -1.32. The number of likely N-dealkylation sites (tertiary alicyclic amines) is 1. The van der Waals surface area contributed by atoms with Crippen molar-refractivity contribution in [2.24, 2.45) is 5.92 Å². The molecule has 1 heterocycles. The van der Waals surface area contributed by atoms with Gasteiger partial charge in [-0.05, 0) is 6.42 Å². The van der Waals surface area contributed by atoms with Gasteiger partial charge in [0.25, 0.3) is 0 Å². The van der Waals surface area contributed by atoms with Crippen LogP contribution in [0.1, 0.15) is 6.42 Å². The van der Waals surface area contributed by atoms with Gasteiger partial charge in [-0.2, -0.15) is 0 Å². The molecule has 6 nitrogen and oxygen atoms in total. The zero-order valence-electron chi connectivity index (χ0n) is 6.06. The Morgan fingerprint density at radius 2 is 2.00 bits per heavy atom. The molecule has 1 atom stereocenters. The van der Waals surface area contributed by atoms with Gasteiger partial charge < -0.3 is 10.2 Å². The monoisotopic (exact) mass is 173 g/mol. The van der Waals surface area contributed by atoms with E-state index in [1.807, 2.05) is 0 Å². The summed E-state index contributed by atoms with van der Waals surface area (Å²) in [4.78, 5) is 32.1. The zero-order chi connectivity index (χ0) is 9.30. The van der Waals surface area contributed by atoms with E-state index in [-0.39, 0.29) is 13.0 Å². The standard InChI is InChI=1S/C6H7NO5/c8-4-3(5(9)10)1-2-7(4)6(11)12/h3H,1-2H2,(H,9,10)(H,11,12).